The van der Waals surface area contributed by atoms with Crippen molar-refractivity contribution in [1.29, 1.82) is 0 Å². The Morgan fingerprint density at radius 3 is 2.50 bits per heavy atom. The number of hydrogen-bond donors (Lipinski definition) is 2. The van der Waals surface area contributed by atoms with Crippen LogP contribution in [0.5, 0.6) is 5.75 Å². The zero-order valence-corrected chi connectivity index (χ0v) is 13.3. The van der Waals surface area contributed by atoms with Gasteiger partial charge in [-0.1, -0.05) is 35.6 Å². The number of thiazole rings is 1. The summed E-state index contributed by atoms with van der Waals surface area (Å²) in [6.45, 7) is 0. The van der Waals surface area contributed by atoms with E-state index in [4.69, 9.17) is 10.6 Å². The number of hydrazine groups is 1. The minimum absolute atomic E-state index is 0.331. The maximum absolute atomic E-state index is 10.2. The second-order valence-corrected chi connectivity index (χ2v) is 5.99. The summed E-state index contributed by atoms with van der Waals surface area (Å²) in [5, 5.41) is 0.694. The number of ether oxygens (including phenoxy) is 1. The van der Waals surface area contributed by atoms with Crippen molar-refractivity contribution < 1.29 is 13.5 Å². The van der Waals surface area contributed by atoms with Gasteiger partial charge in [0.2, 0.25) is 0 Å². The first-order valence-corrected chi connectivity index (χ1v) is 8.09. The quantitative estimate of drug-likeness (QED) is 0.433. The van der Waals surface area contributed by atoms with E-state index in [-0.39, 0.29) is 0 Å². The normalized spacial score (nSPS) is 11.4. The van der Waals surface area contributed by atoms with Crippen LogP contribution in [0.1, 0.15) is 0 Å². The molecular weight excluding hydrogens is 322 g/mol. The number of nitrogen functional groups attached to an aromatic ring is 1. The molecule has 0 radical (unpaired) electrons. The molecule has 2 aromatic carbocycles. The first-order valence-electron chi connectivity index (χ1n) is 6.20. The SMILES string of the molecule is COc1cccc2sc(NN)nc12.O=S([O-])c1ccccc1. The van der Waals surface area contributed by atoms with Gasteiger partial charge >= 0.3 is 0 Å². The lowest BCUT2D eigenvalue weighted by Gasteiger charge is -2.01. The Balaban J connectivity index is 0.000000172. The van der Waals surface area contributed by atoms with Crippen molar-refractivity contribution in [3.05, 3.63) is 48.5 Å². The third kappa shape index (κ3) is 4.01. The molecule has 6 nitrogen and oxygen atoms in total. The fourth-order valence-electron chi connectivity index (χ4n) is 1.68. The number of rotatable bonds is 3. The van der Waals surface area contributed by atoms with Crippen LogP contribution < -0.4 is 16.0 Å². The summed E-state index contributed by atoms with van der Waals surface area (Å²) >= 11 is -0.579. The molecule has 1 unspecified atom stereocenters. The summed E-state index contributed by atoms with van der Waals surface area (Å²) < 4.78 is 26.6. The van der Waals surface area contributed by atoms with Crippen LogP contribution >= 0.6 is 11.3 Å². The number of nitrogens with one attached hydrogen (secondary N) is 1. The van der Waals surface area contributed by atoms with E-state index in [0.29, 0.717) is 10.0 Å². The Bertz CT molecular complexity index is 762. The van der Waals surface area contributed by atoms with E-state index in [1.54, 1.807) is 37.4 Å². The number of nitrogens with zero attached hydrogens (tertiary/aromatic N) is 1. The number of nitrogens with two attached hydrogens (primary N) is 1. The summed E-state index contributed by atoms with van der Waals surface area (Å²) in [4.78, 5) is 4.59. The Labute approximate surface area is 134 Å². The minimum Gasteiger partial charge on any atom is -0.768 e. The third-order valence-electron chi connectivity index (χ3n) is 2.66. The molecule has 8 heteroatoms. The second kappa shape index (κ2) is 7.85. The highest BCUT2D eigenvalue weighted by Crippen LogP contribution is 2.31. The fraction of sp³-hybridized carbons (Fsp3) is 0.0714. The van der Waals surface area contributed by atoms with Crippen molar-refractivity contribution in [3.8, 4) is 5.75 Å². The van der Waals surface area contributed by atoms with Gasteiger partial charge < -0.3 is 9.29 Å². The highest BCUT2D eigenvalue weighted by atomic mass is 32.2. The maximum Gasteiger partial charge on any atom is 0.198 e. The van der Waals surface area contributed by atoms with Crippen LogP contribution in [-0.2, 0) is 11.1 Å². The molecule has 0 aliphatic carbocycles. The standard InChI is InChI=1S/C8H9N3OS.C6H6O2S/c1-12-5-3-2-4-6-7(5)10-8(11-9)13-6;7-9(8)6-4-2-1-3-5-6/h2-4H,9H2,1H3,(H,10,11);1-5H,(H,7,8)/p-1. The molecule has 1 aromatic heterocycles. The van der Waals surface area contributed by atoms with E-state index in [1.165, 1.54) is 11.3 Å². The molecule has 0 saturated carbocycles. The lowest BCUT2D eigenvalue weighted by molar-refractivity contribution is 0.419. The molecule has 1 atom stereocenters. The zero-order chi connectivity index (χ0) is 15.9. The molecule has 0 fully saturated rings. The Kier molecular flexibility index (Phi) is 5.84. The molecule has 1 heterocycles. The number of anilines is 1. The van der Waals surface area contributed by atoms with Crippen LogP contribution in [0.4, 0.5) is 5.13 Å². The van der Waals surface area contributed by atoms with Crippen LogP contribution in [0, 0.1) is 0 Å². The Morgan fingerprint density at radius 1 is 1.23 bits per heavy atom. The van der Waals surface area contributed by atoms with Gasteiger partial charge in [-0.2, -0.15) is 0 Å². The molecule has 0 spiro atoms. The van der Waals surface area contributed by atoms with Gasteiger partial charge in [0.1, 0.15) is 11.3 Å². The highest BCUT2D eigenvalue weighted by molar-refractivity contribution is 7.79. The van der Waals surface area contributed by atoms with E-state index in [1.807, 2.05) is 18.2 Å². The molecule has 22 heavy (non-hydrogen) atoms. The number of hydrogen-bond acceptors (Lipinski definition) is 7. The summed E-state index contributed by atoms with van der Waals surface area (Å²) in [6, 6.07) is 14.0. The number of aromatic nitrogens is 1. The number of fused-ring (bicyclic) bond motifs is 1. The lowest BCUT2D eigenvalue weighted by Crippen LogP contribution is -2.05. The molecule has 3 N–H and O–H groups in total. The second-order valence-electron chi connectivity index (χ2n) is 4.02. The van der Waals surface area contributed by atoms with Crippen LogP contribution in [0.2, 0.25) is 0 Å². The van der Waals surface area contributed by atoms with Crippen LogP contribution in [0.15, 0.2) is 53.4 Å². The average molecular weight is 336 g/mol. The number of benzene rings is 2. The van der Waals surface area contributed by atoms with Gasteiger partial charge in [0, 0.05) is 4.90 Å². The van der Waals surface area contributed by atoms with Gasteiger partial charge in [0.15, 0.2) is 5.13 Å². The Hall–Kier alpha value is -2.00. The summed E-state index contributed by atoms with van der Waals surface area (Å²) in [6.07, 6.45) is 0. The predicted molar refractivity (Wildman–Crippen MR) is 87.6 cm³/mol. The summed E-state index contributed by atoms with van der Waals surface area (Å²) in [5.41, 5.74) is 3.37. The zero-order valence-electron chi connectivity index (χ0n) is 11.7. The van der Waals surface area contributed by atoms with Gasteiger partial charge in [0.25, 0.3) is 0 Å². The molecule has 0 bridgehead atoms. The van der Waals surface area contributed by atoms with Crippen LogP contribution in [0.3, 0.4) is 0 Å². The number of methoxy groups -OCH3 is 1. The third-order valence-corrected chi connectivity index (χ3v) is 4.27. The van der Waals surface area contributed by atoms with Gasteiger partial charge in [-0.3, -0.25) is 9.63 Å². The fourth-order valence-corrected chi connectivity index (χ4v) is 2.85. The van der Waals surface area contributed by atoms with Gasteiger partial charge in [-0.05, 0) is 35.3 Å². The van der Waals surface area contributed by atoms with Gasteiger partial charge in [-0.15, -0.1) is 0 Å². The summed E-state index contributed by atoms with van der Waals surface area (Å²) in [5.74, 6) is 6.04. The van der Waals surface area contributed by atoms with Crippen molar-refractivity contribution in [1.82, 2.24) is 4.98 Å². The molecule has 116 valence electrons. The lowest BCUT2D eigenvalue weighted by atomic mass is 10.3. The van der Waals surface area contributed by atoms with Crippen molar-refractivity contribution in [3.63, 3.8) is 0 Å². The minimum atomic E-state index is -2.08. The predicted octanol–water partition coefficient (Wildman–Crippen LogP) is 2.52. The van der Waals surface area contributed by atoms with E-state index in [9.17, 15) is 8.76 Å². The maximum atomic E-state index is 10.2. The monoisotopic (exact) mass is 336 g/mol. The first-order chi connectivity index (χ1) is 10.7. The molecule has 3 rings (SSSR count). The van der Waals surface area contributed by atoms with Crippen LogP contribution in [0.25, 0.3) is 10.2 Å². The number of para-hydroxylation sites is 1. The van der Waals surface area contributed by atoms with Crippen molar-refractivity contribution in [2.75, 3.05) is 12.5 Å². The highest BCUT2D eigenvalue weighted by Gasteiger charge is 2.06. The molecule has 0 amide bonds. The Morgan fingerprint density at radius 2 is 1.95 bits per heavy atom. The summed E-state index contributed by atoms with van der Waals surface area (Å²) in [7, 11) is 1.63. The topological polar surface area (TPSA) is 100 Å². The van der Waals surface area contributed by atoms with Gasteiger partial charge in [-0.25, -0.2) is 10.8 Å². The molecular formula is C14H14N3O3S2-. The smallest absolute Gasteiger partial charge is 0.198 e. The largest absolute Gasteiger partial charge is 0.768 e. The molecule has 0 saturated heterocycles. The van der Waals surface area contributed by atoms with Crippen LogP contribution in [-0.4, -0.2) is 20.9 Å². The first kappa shape index (κ1) is 16.4. The van der Waals surface area contributed by atoms with Crippen molar-refractivity contribution in [2.24, 2.45) is 5.84 Å². The van der Waals surface area contributed by atoms with Crippen molar-refractivity contribution in [2.45, 2.75) is 4.90 Å². The van der Waals surface area contributed by atoms with E-state index in [2.05, 4.69) is 10.4 Å². The van der Waals surface area contributed by atoms with E-state index in [0.717, 1.165) is 16.0 Å². The molecule has 0 aliphatic heterocycles. The van der Waals surface area contributed by atoms with Gasteiger partial charge in [0.05, 0.1) is 11.8 Å². The van der Waals surface area contributed by atoms with Crippen molar-refractivity contribution >= 4 is 37.8 Å². The molecule has 0 aliphatic rings. The molecule has 3 aromatic rings. The van der Waals surface area contributed by atoms with E-state index >= 15 is 0 Å². The van der Waals surface area contributed by atoms with E-state index < -0.39 is 11.1 Å². The average Bonchev–Trinajstić information content (AvgIpc) is 2.99.